The van der Waals surface area contributed by atoms with E-state index < -0.39 is 0 Å². The largest absolute Gasteiger partial charge is 0.366 e. The van der Waals surface area contributed by atoms with Crippen LogP contribution in [0, 0.1) is 13.8 Å². The number of rotatable bonds is 5. The molecule has 2 aromatic rings. The summed E-state index contributed by atoms with van der Waals surface area (Å²) in [6.07, 6.45) is 3.51. The molecule has 98 valence electrons. The van der Waals surface area contributed by atoms with E-state index in [0.717, 1.165) is 11.5 Å². The van der Waals surface area contributed by atoms with Gasteiger partial charge in [0.25, 0.3) is 0 Å². The molecule has 0 saturated carbocycles. The number of anilines is 3. The average molecular weight is 254 g/mol. The van der Waals surface area contributed by atoms with Crippen LogP contribution in [0.4, 0.5) is 17.5 Å². The highest BCUT2D eigenvalue weighted by Gasteiger charge is 2.01. The maximum Gasteiger partial charge on any atom is 0.229 e. The van der Waals surface area contributed by atoms with Crippen molar-refractivity contribution in [2.24, 2.45) is 0 Å². The Bertz CT molecular complexity index is 578. The standard InChI is InChI=1S/C15H18N4/c1-4-8-16-14-7-9-17-15(19-14)18-13-6-5-11(2)12(3)10-13/h4-7,9-10H,1,8H2,2-3H3,(H2,16,17,18,19). The van der Waals surface area contributed by atoms with Gasteiger partial charge in [-0.3, -0.25) is 0 Å². The number of hydrogen-bond donors (Lipinski definition) is 2. The van der Waals surface area contributed by atoms with Gasteiger partial charge in [0, 0.05) is 18.4 Å². The zero-order chi connectivity index (χ0) is 13.7. The van der Waals surface area contributed by atoms with Gasteiger partial charge in [0.1, 0.15) is 5.82 Å². The van der Waals surface area contributed by atoms with Crippen LogP contribution in [0.25, 0.3) is 0 Å². The van der Waals surface area contributed by atoms with Crippen molar-refractivity contribution in [3.8, 4) is 0 Å². The predicted molar refractivity (Wildman–Crippen MR) is 79.9 cm³/mol. The van der Waals surface area contributed by atoms with Crippen LogP contribution < -0.4 is 10.6 Å². The van der Waals surface area contributed by atoms with E-state index in [1.807, 2.05) is 12.1 Å². The molecule has 0 amide bonds. The quantitative estimate of drug-likeness (QED) is 0.802. The molecule has 0 aliphatic heterocycles. The van der Waals surface area contributed by atoms with Crippen LogP contribution in [0.5, 0.6) is 0 Å². The minimum Gasteiger partial charge on any atom is -0.366 e. The maximum absolute atomic E-state index is 4.38. The summed E-state index contributed by atoms with van der Waals surface area (Å²) in [5.74, 6) is 1.36. The summed E-state index contributed by atoms with van der Waals surface area (Å²) in [5, 5.41) is 6.33. The highest BCUT2D eigenvalue weighted by atomic mass is 15.1. The summed E-state index contributed by atoms with van der Waals surface area (Å²) in [4.78, 5) is 8.58. The summed E-state index contributed by atoms with van der Waals surface area (Å²) in [7, 11) is 0. The van der Waals surface area contributed by atoms with Crippen LogP contribution in [0.3, 0.4) is 0 Å². The zero-order valence-electron chi connectivity index (χ0n) is 11.3. The van der Waals surface area contributed by atoms with Gasteiger partial charge in [0.05, 0.1) is 0 Å². The van der Waals surface area contributed by atoms with E-state index >= 15 is 0 Å². The van der Waals surface area contributed by atoms with Gasteiger partial charge in [0.15, 0.2) is 0 Å². The molecular formula is C15H18N4. The van der Waals surface area contributed by atoms with Gasteiger partial charge < -0.3 is 10.6 Å². The number of hydrogen-bond acceptors (Lipinski definition) is 4. The third-order valence-corrected chi connectivity index (χ3v) is 2.85. The average Bonchev–Trinajstić information content (AvgIpc) is 2.41. The molecule has 1 heterocycles. The van der Waals surface area contributed by atoms with Crippen LogP contribution in [-0.4, -0.2) is 16.5 Å². The Kier molecular flexibility index (Phi) is 4.13. The third kappa shape index (κ3) is 3.55. The maximum atomic E-state index is 4.38. The summed E-state index contributed by atoms with van der Waals surface area (Å²) in [5.41, 5.74) is 3.50. The minimum absolute atomic E-state index is 0.581. The lowest BCUT2D eigenvalue weighted by atomic mass is 10.1. The molecule has 1 aromatic carbocycles. The highest BCUT2D eigenvalue weighted by molar-refractivity contribution is 5.56. The van der Waals surface area contributed by atoms with E-state index in [4.69, 9.17) is 0 Å². The summed E-state index contributed by atoms with van der Waals surface area (Å²) >= 11 is 0. The van der Waals surface area contributed by atoms with Gasteiger partial charge in [-0.05, 0) is 43.2 Å². The Balaban J connectivity index is 2.13. The topological polar surface area (TPSA) is 49.8 Å². The van der Waals surface area contributed by atoms with E-state index in [9.17, 15) is 0 Å². The summed E-state index contributed by atoms with van der Waals surface area (Å²) in [6.45, 7) is 8.52. The van der Waals surface area contributed by atoms with Crippen LogP contribution in [0.15, 0.2) is 43.1 Å². The Morgan fingerprint density at radius 2 is 2.05 bits per heavy atom. The van der Waals surface area contributed by atoms with Crippen LogP contribution in [0.2, 0.25) is 0 Å². The fourth-order valence-electron chi connectivity index (χ4n) is 1.64. The van der Waals surface area contributed by atoms with Gasteiger partial charge in [-0.2, -0.15) is 4.98 Å². The molecule has 4 heteroatoms. The minimum atomic E-state index is 0.581. The zero-order valence-corrected chi connectivity index (χ0v) is 11.3. The van der Waals surface area contributed by atoms with Crippen molar-refractivity contribution in [3.05, 3.63) is 54.2 Å². The third-order valence-electron chi connectivity index (χ3n) is 2.85. The van der Waals surface area contributed by atoms with Crippen molar-refractivity contribution in [1.29, 1.82) is 0 Å². The second-order valence-corrected chi connectivity index (χ2v) is 4.36. The van der Waals surface area contributed by atoms with Gasteiger partial charge >= 0.3 is 0 Å². The van der Waals surface area contributed by atoms with E-state index in [2.05, 4.69) is 53.2 Å². The molecule has 0 aliphatic rings. The molecule has 0 atom stereocenters. The molecule has 0 spiro atoms. The van der Waals surface area contributed by atoms with E-state index in [0.29, 0.717) is 12.5 Å². The van der Waals surface area contributed by atoms with E-state index in [-0.39, 0.29) is 0 Å². The molecule has 0 fully saturated rings. The van der Waals surface area contributed by atoms with Crippen molar-refractivity contribution >= 4 is 17.5 Å². The first kappa shape index (κ1) is 13.1. The Morgan fingerprint density at radius 1 is 1.21 bits per heavy atom. The lowest BCUT2D eigenvalue weighted by molar-refractivity contribution is 1.14. The van der Waals surface area contributed by atoms with Crippen molar-refractivity contribution in [2.75, 3.05) is 17.2 Å². The van der Waals surface area contributed by atoms with Gasteiger partial charge in [0.2, 0.25) is 5.95 Å². The molecule has 0 saturated heterocycles. The van der Waals surface area contributed by atoms with E-state index in [1.54, 1.807) is 12.3 Å². The van der Waals surface area contributed by atoms with Crippen LogP contribution >= 0.6 is 0 Å². The lowest BCUT2D eigenvalue weighted by Gasteiger charge is -2.08. The van der Waals surface area contributed by atoms with Gasteiger partial charge in [-0.1, -0.05) is 12.1 Å². The van der Waals surface area contributed by atoms with Crippen molar-refractivity contribution in [1.82, 2.24) is 9.97 Å². The molecule has 0 radical (unpaired) electrons. The summed E-state index contributed by atoms with van der Waals surface area (Å²) < 4.78 is 0. The molecule has 4 nitrogen and oxygen atoms in total. The van der Waals surface area contributed by atoms with Crippen LogP contribution in [0.1, 0.15) is 11.1 Å². The predicted octanol–water partition coefficient (Wildman–Crippen LogP) is 3.43. The molecule has 2 N–H and O–H groups in total. The van der Waals surface area contributed by atoms with Crippen LogP contribution in [-0.2, 0) is 0 Å². The Labute approximate surface area is 113 Å². The number of benzene rings is 1. The highest BCUT2D eigenvalue weighted by Crippen LogP contribution is 2.17. The number of nitrogens with one attached hydrogen (secondary N) is 2. The first-order chi connectivity index (χ1) is 9.19. The molecule has 2 rings (SSSR count). The molecule has 0 aliphatic carbocycles. The lowest BCUT2D eigenvalue weighted by Crippen LogP contribution is -2.03. The first-order valence-electron chi connectivity index (χ1n) is 6.21. The van der Waals surface area contributed by atoms with Gasteiger partial charge in [-0.15, -0.1) is 6.58 Å². The van der Waals surface area contributed by atoms with Crippen molar-refractivity contribution in [3.63, 3.8) is 0 Å². The van der Waals surface area contributed by atoms with E-state index in [1.165, 1.54) is 11.1 Å². The molecule has 1 aromatic heterocycles. The molecular weight excluding hydrogens is 236 g/mol. The normalized spacial score (nSPS) is 10.0. The monoisotopic (exact) mass is 254 g/mol. The van der Waals surface area contributed by atoms with Crippen molar-refractivity contribution in [2.45, 2.75) is 13.8 Å². The van der Waals surface area contributed by atoms with Crippen molar-refractivity contribution < 1.29 is 0 Å². The number of nitrogens with zero attached hydrogens (tertiary/aromatic N) is 2. The molecule has 0 unspecified atom stereocenters. The second kappa shape index (κ2) is 6.00. The number of aromatic nitrogens is 2. The molecule has 0 bridgehead atoms. The SMILES string of the molecule is C=CCNc1ccnc(Nc2ccc(C)c(C)c2)n1. The molecule has 19 heavy (non-hydrogen) atoms. The summed E-state index contributed by atoms with van der Waals surface area (Å²) in [6, 6.07) is 8.02. The smallest absolute Gasteiger partial charge is 0.229 e. The fraction of sp³-hybridized carbons (Fsp3) is 0.200. The fourth-order valence-corrected chi connectivity index (χ4v) is 1.64. The van der Waals surface area contributed by atoms with Gasteiger partial charge in [-0.25, -0.2) is 4.98 Å². The Morgan fingerprint density at radius 3 is 2.79 bits per heavy atom. The Hall–Kier alpha value is -2.36. The second-order valence-electron chi connectivity index (χ2n) is 4.36. The number of aryl methyl sites for hydroxylation is 2. The first-order valence-corrected chi connectivity index (χ1v) is 6.21.